The van der Waals surface area contributed by atoms with Crippen LogP contribution in [0.1, 0.15) is 35.7 Å². The minimum absolute atomic E-state index is 0.0569. The highest BCUT2D eigenvalue weighted by molar-refractivity contribution is 5.90. The number of ether oxygens (including phenoxy) is 1. The standard InChI is InChI=1S/C20H22FN5O3/c1-3-4-9-23-17-15-16(24-20(22)25-17)14(21)11-26(18(15)27)10-12-5-7-13(8-6-12)19(28)29-2/h5-8,11H,3-4,9-10H2,1-2H3,(H3,22,23,24,25). The fraction of sp³-hybridized carbons (Fsp3) is 0.300. The molecule has 0 bridgehead atoms. The number of esters is 1. The molecule has 0 aliphatic heterocycles. The zero-order chi connectivity index (χ0) is 21.0. The number of fused-ring (bicyclic) bond motifs is 1. The Hall–Kier alpha value is -3.49. The van der Waals surface area contributed by atoms with Gasteiger partial charge in [0.1, 0.15) is 16.7 Å². The molecule has 0 unspecified atom stereocenters. The van der Waals surface area contributed by atoms with Gasteiger partial charge in [0.25, 0.3) is 5.56 Å². The first-order valence-electron chi connectivity index (χ1n) is 9.21. The van der Waals surface area contributed by atoms with Gasteiger partial charge in [0.15, 0.2) is 5.82 Å². The summed E-state index contributed by atoms with van der Waals surface area (Å²) in [4.78, 5) is 32.6. The van der Waals surface area contributed by atoms with Gasteiger partial charge in [-0.15, -0.1) is 0 Å². The number of hydrogen-bond donors (Lipinski definition) is 2. The number of nitrogens with one attached hydrogen (secondary N) is 1. The van der Waals surface area contributed by atoms with E-state index in [9.17, 15) is 14.0 Å². The zero-order valence-corrected chi connectivity index (χ0v) is 16.2. The van der Waals surface area contributed by atoms with Crippen molar-refractivity contribution in [1.29, 1.82) is 0 Å². The van der Waals surface area contributed by atoms with Crippen molar-refractivity contribution in [2.45, 2.75) is 26.3 Å². The van der Waals surface area contributed by atoms with Gasteiger partial charge in [-0.3, -0.25) is 4.79 Å². The van der Waals surface area contributed by atoms with E-state index in [1.165, 1.54) is 11.7 Å². The lowest BCUT2D eigenvalue weighted by Gasteiger charge is -2.12. The van der Waals surface area contributed by atoms with E-state index in [1.807, 2.05) is 6.92 Å². The molecule has 0 radical (unpaired) electrons. The molecule has 29 heavy (non-hydrogen) atoms. The summed E-state index contributed by atoms with van der Waals surface area (Å²) >= 11 is 0. The molecule has 0 spiro atoms. The molecular formula is C20H22FN5O3. The van der Waals surface area contributed by atoms with Crippen LogP contribution >= 0.6 is 0 Å². The third-order valence-corrected chi connectivity index (χ3v) is 4.45. The average Bonchev–Trinajstić information content (AvgIpc) is 2.71. The maximum atomic E-state index is 14.7. The minimum Gasteiger partial charge on any atom is -0.465 e. The van der Waals surface area contributed by atoms with Crippen molar-refractivity contribution in [2.24, 2.45) is 0 Å². The summed E-state index contributed by atoms with van der Waals surface area (Å²) in [5.41, 5.74) is 6.25. The largest absolute Gasteiger partial charge is 0.465 e. The molecule has 1 aromatic carbocycles. The van der Waals surface area contributed by atoms with E-state index in [0.717, 1.165) is 24.6 Å². The zero-order valence-electron chi connectivity index (χ0n) is 16.2. The molecule has 0 amide bonds. The summed E-state index contributed by atoms with van der Waals surface area (Å²) in [5, 5.41) is 3.11. The van der Waals surface area contributed by atoms with Crippen molar-refractivity contribution in [1.82, 2.24) is 14.5 Å². The third-order valence-electron chi connectivity index (χ3n) is 4.45. The van der Waals surface area contributed by atoms with Crippen LogP contribution in [0.4, 0.5) is 16.2 Å². The Kier molecular flexibility index (Phi) is 6.06. The van der Waals surface area contributed by atoms with Gasteiger partial charge in [-0.05, 0) is 24.1 Å². The number of halogens is 1. The number of carbonyl (C=O) groups excluding carboxylic acids is 1. The van der Waals surface area contributed by atoms with E-state index in [0.29, 0.717) is 12.1 Å². The smallest absolute Gasteiger partial charge is 0.337 e. The number of rotatable bonds is 7. The topological polar surface area (TPSA) is 112 Å². The molecule has 2 heterocycles. The van der Waals surface area contributed by atoms with Gasteiger partial charge >= 0.3 is 5.97 Å². The van der Waals surface area contributed by atoms with E-state index in [1.54, 1.807) is 24.3 Å². The second-order valence-electron chi connectivity index (χ2n) is 6.53. The predicted molar refractivity (Wildman–Crippen MR) is 108 cm³/mol. The molecular weight excluding hydrogens is 377 g/mol. The molecule has 9 heteroatoms. The van der Waals surface area contributed by atoms with Gasteiger partial charge in [-0.2, -0.15) is 4.98 Å². The van der Waals surface area contributed by atoms with Crippen LogP contribution in [0, 0.1) is 5.82 Å². The molecule has 0 saturated heterocycles. The quantitative estimate of drug-likeness (QED) is 0.464. The second-order valence-corrected chi connectivity index (χ2v) is 6.53. The number of nitrogens with zero attached hydrogens (tertiary/aromatic N) is 3. The van der Waals surface area contributed by atoms with Gasteiger partial charge in [-0.25, -0.2) is 14.2 Å². The highest BCUT2D eigenvalue weighted by Gasteiger charge is 2.17. The Balaban J connectivity index is 2.01. The number of aromatic nitrogens is 3. The molecule has 3 rings (SSSR count). The number of hydrogen-bond acceptors (Lipinski definition) is 7. The second kappa shape index (κ2) is 8.68. The Bertz CT molecular complexity index is 1100. The molecule has 3 N–H and O–H groups in total. The molecule has 3 aromatic rings. The van der Waals surface area contributed by atoms with Crippen LogP contribution in [0.5, 0.6) is 0 Å². The van der Waals surface area contributed by atoms with Crippen LogP contribution in [0.2, 0.25) is 0 Å². The Morgan fingerprint density at radius 1 is 1.28 bits per heavy atom. The molecule has 8 nitrogen and oxygen atoms in total. The Morgan fingerprint density at radius 3 is 2.66 bits per heavy atom. The first kappa shape index (κ1) is 20.2. The highest BCUT2D eigenvalue weighted by atomic mass is 19.1. The first-order valence-corrected chi connectivity index (χ1v) is 9.21. The maximum absolute atomic E-state index is 14.7. The monoisotopic (exact) mass is 399 g/mol. The van der Waals surface area contributed by atoms with Crippen LogP contribution in [-0.2, 0) is 11.3 Å². The summed E-state index contributed by atoms with van der Waals surface area (Å²) in [6.07, 6.45) is 2.91. The molecule has 0 aliphatic rings. The summed E-state index contributed by atoms with van der Waals surface area (Å²) in [6, 6.07) is 6.54. The van der Waals surface area contributed by atoms with Gasteiger partial charge in [0, 0.05) is 12.7 Å². The summed E-state index contributed by atoms with van der Waals surface area (Å²) in [5.74, 6) is -1.01. The highest BCUT2D eigenvalue weighted by Crippen LogP contribution is 2.21. The SMILES string of the molecule is CCCCNc1nc(N)nc2c(F)cn(Cc3ccc(C(=O)OC)cc3)c(=O)c12. The normalized spacial score (nSPS) is 10.9. The van der Waals surface area contributed by atoms with Crippen LogP contribution < -0.4 is 16.6 Å². The number of benzene rings is 1. The van der Waals surface area contributed by atoms with Crippen LogP contribution in [0.3, 0.4) is 0 Å². The molecule has 0 aliphatic carbocycles. The van der Waals surface area contributed by atoms with Crippen molar-refractivity contribution >= 4 is 28.6 Å². The number of methoxy groups -OCH3 is 1. The van der Waals surface area contributed by atoms with Gasteiger partial charge in [0.2, 0.25) is 5.95 Å². The number of anilines is 2. The van der Waals surface area contributed by atoms with E-state index < -0.39 is 17.3 Å². The Morgan fingerprint density at radius 2 is 2.00 bits per heavy atom. The van der Waals surface area contributed by atoms with E-state index in [4.69, 9.17) is 5.73 Å². The van der Waals surface area contributed by atoms with Crippen molar-refractivity contribution in [3.8, 4) is 0 Å². The lowest BCUT2D eigenvalue weighted by Crippen LogP contribution is -2.24. The summed E-state index contributed by atoms with van der Waals surface area (Å²) in [6.45, 7) is 2.73. The fourth-order valence-electron chi connectivity index (χ4n) is 2.94. The van der Waals surface area contributed by atoms with Crippen LogP contribution in [-0.4, -0.2) is 34.2 Å². The fourth-order valence-corrected chi connectivity index (χ4v) is 2.94. The summed E-state index contributed by atoms with van der Waals surface area (Å²) < 4.78 is 20.6. The summed E-state index contributed by atoms with van der Waals surface area (Å²) in [7, 11) is 1.30. The number of nitrogens with two attached hydrogens (primary N) is 1. The third kappa shape index (κ3) is 4.34. The van der Waals surface area contributed by atoms with Crippen LogP contribution in [0.25, 0.3) is 10.9 Å². The number of pyridine rings is 1. The number of carbonyl (C=O) groups is 1. The lowest BCUT2D eigenvalue weighted by atomic mass is 10.1. The van der Waals surface area contributed by atoms with Gasteiger partial charge in [0.05, 0.1) is 19.2 Å². The predicted octanol–water partition coefficient (Wildman–Crippen LogP) is 2.56. The number of nitrogen functional groups attached to an aromatic ring is 1. The van der Waals surface area contributed by atoms with Gasteiger partial charge < -0.3 is 20.4 Å². The van der Waals surface area contributed by atoms with Gasteiger partial charge in [-0.1, -0.05) is 25.5 Å². The average molecular weight is 399 g/mol. The number of unbranched alkanes of at least 4 members (excludes halogenated alkanes) is 1. The van der Waals surface area contributed by atoms with Crippen molar-refractivity contribution in [3.05, 3.63) is 57.8 Å². The molecule has 2 aromatic heterocycles. The van der Waals surface area contributed by atoms with E-state index >= 15 is 0 Å². The van der Waals surface area contributed by atoms with E-state index in [-0.39, 0.29) is 29.2 Å². The minimum atomic E-state index is -0.668. The molecule has 0 atom stereocenters. The molecule has 152 valence electrons. The molecule has 0 fully saturated rings. The lowest BCUT2D eigenvalue weighted by molar-refractivity contribution is 0.0600. The van der Waals surface area contributed by atoms with Crippen LogP contribution in [0.15, 0.2) is 35.3 Å². The van der Waals surface area contributed by atoms with Crippen molar-refractivity contribution < 1.29 is 13.9 Å². The maximum Gasteiger partial charge on any atom is 0.337 e. The van der Waals surface area contributed by atoms with Crippen molar-refractivity contribution in [3.63, 3.8) is 0 Å². The Labute approximate surface area is 166 Å². The van der Waals surface area contributed by atoms with Crippen molar-refractivity contribution in [2.75, 3.05) is 24.7 Å². The first-order chi connectivity index (χ1) is 13.9. The molecule has 0 saturated carbocycles. The van der Waals surface area contributed by atoms with E-state index in [2.05, 4.69) is 20.0 Å².